The molecule has 3 rings (SSSR count). The van der Waals surface area contributed by atoms with Crippen LogP contribution in [0.2, 0.25) is 0 Å². The van der Waals surface area contributed by atoms with E-state index >= 15 is 0 Å². The Morgan fingerprint density at radius 2 is 1.43 bits per heavy atom. The van der Waals surface area contributed by atoms with E-state index in [2.05, 4.69) is 79.1 Å². The molecule has 0 spiro atoms. The maximum absolute atomic E-state index is 13.0. The maximum atomic E-state index is 13.0. The lowest BCUT2D eigenvalue weighted by molar-refractivity contribution is -0.111. The number of ketones is 1. The number of hydrogen-bond donors (Lipinski definition) is 0. The Hall–Kier alpha value is -2.81. The van der Waals surface area contributed by atoms with Crippen LogP contribution in [-0.2, 0) is 11.2 Å². The summed E-state index contributed by atoms with van der Waals surface area (Å²) in [7, 11) is 4.06. The van der Waals surface area contributed by atoms with Crippen LogP contribution in [0.4, 0.5) is 11.4 Å². The zero-order chi connectivity index (χ0) is 21.7. The molecule has 2 aromatic carbocycles. The lowest BCUT2D eigenvalue weighted by atomic mass is 10.00. The molecule has 0 radical (unpaired) electrons. The number of hydrogen-bond acceptors (Lipinski definition) is 3. The molecule has 0 aromatic heterocycles. The van der Waals surface area contributed by atoms with Gasteiger partial charge in [-0.25, -0.2) is 0 Å². The highest BCUT2D eigenvalue weighted by Crippen LogP contribution is 2.31. The molecular formula is C27H34N2O. The van der Waals surface area contributed by atoms with Crippen molar-refractivity contribution < 1.29 is 4.79 Å². The van der Waals surface area contributed by atoms with Crippen LogP contribution in [-0.4, -0.2) is 33.0 Å². The smallest absolute Gasteiger partial charge is 0.185 e. The SMILES string of the molecule is CCc1cc(N(CC)CC)ccc1/C=C1/CC/C(=C/c2ccc(N(C)C)cc2)C1=O. The number of Topliss-reactive ketones (excluding diaryl/α,β-unsaturated/α-hetero) is 1. The zero-order valence-electron chi connectivity index (χ0n) is 19.0. The van der Waals surface area contributed by atoms with Gasteiger partial charge < -0.3 is 9.80 Å². The third-order valence-corrected chi connectivity index (χ3v) is 5.96. The first-order chi connectivity index (χ1) is 14.5. The lowest BCUT2D eigenvalue weighted by Gasteiger charge is -2.22. The van der Waals surface area contributed by atoms with Gasteiger partial charge in [0.25, 0.3) is 0 Å². The first kappa shape index (κ1) is 21.9. The molecule has 0 N–H and O–H groups in total. The fraction of sp³-hybridized carbons (Fsp3) is 0.370. The molecule has 0 heterocycles. The van der Waals surface area contributed by atoms with Gasteiger partial charge in [-0.15, -0.1) is 0 Å². The van der Waals surface area contributed by atoms with Crippen LogP contribution in [0.1, 0.15) is 50.3 Å². The van der Waals surface area contributed by atoms with Gasteiger partial charge in [0, 0.05) is 49.7 Å². The highest BCUT2D eigenvalue weighted by Gasteiger charge is 2.23. The van der Waals surface area contributed by atoms with Crippen molar-refractivity contribution in [2.45, 2.75) is 40.0 Å². The molecule has 1 saturated carbocycles. The molecule has 0 unspecified atom stereocenters. The Labute approximate surface area is 181 Å². The fourth-order valence-corrected chi connectivity index (χ4v) is 4.06. The van der Waals surface area contributed by atoms with Crippen molar-refractivity contribution in [1.82, 2.24) is 0 Å². The van der Waals surface area contributed by atoms with Crippen LogP contribution in [0.5, 0.6) is 0 Å². The predicted molar refractivity (Wildman–Crippen MR) is 130 cm³/mol. The summed E-state index contributed by atoms with van der Waals surface area (Å²) >= 11 is 0. The summed E-state index contributed by atoms with van der Waals surface area (Å²) in [5, 5.41) is 0. The maximum Gasteiger partial charge on any atom is 0.185 e. The monoisotopic (exact) mass is 402 g/mol. The lowest BCUT2D eigenvalue weighted by Crippen LogP contribution is -2.21. The highest BCUT2D eigenvalue weighted by molar-refractivity contribution is 6.15. The molecule has 1 aliphatic carbocycles. The number of benzene rings is 2. The van der Waals surface area contributed by atoms with Crippen molar-refractivity contribution in [2.75, 3.05) is 37.0 Å². The largest absolute Gasteiger partial charge is 0.378 e. The molecule has 2 aromatic rings. The van der Waals surface area contributed by atoms with Gasteiger partial charge in [0.2, 0.25) is 0 Å². The number of carbonyl (C=O) groups excluding carboxylic acids is 1. The molecule has 3 nitrogen and oxygen atoms in total. The number of allylic oxidation sites excluding steroid dienone is 2. The number of rotatable bonds is 7. The Balaban J connectivity index is 1.83. The average Bonchev–Trinajstić information content (AvgIpc) is 3.09. The minimum absolute atomic E-state index is 0.196. The standard InChI is InChI=1S/C27H34N2O/c1-6-21-19-26(29(7-2)8-3)16-13-22(21)18-24-12-11-23(27(24)30)17-20-9-14-25(15-10-20)28(4)5/h9-10,13-19H,6-8,11-12H2,1-5H3/b23-17-,24-18-. The van der Waals surface area contributed by atoms with Crippen LogP contribution < -0.4 is 9.80 Å². The highest BCUT2D eigenvalue weighted by atomic mass is 16.1. The molecule has 1 fully saturated rings. The van der Waals surface area contributed by atoms with E-state index in [1.807, 2.05) is 20.2 Å². The molecule has 1 aliphatic rings. The first-order valence-corrected chi connectivity index (χ1v) is 11.1. The topological polar surface area (TPSA) is 23.6 Å². The summed E-state index contributed by atoms with van der Waals surface area (Å²) in [6, 6.07) is 15.0. The Bertz CT molecular complexity index is 947. The Kier molecular flexibility index (Phi) is 7.15. The van der Waals surface area contributed by atoms with Crippen LogP contribution >= 0.6 is 0 Å². The van der Waals surface area contributed by atoms with Crippen LogP contribution in [0.3, 0.4) is 0 Å². The minimum Gasteiger partial charge on any atom is -0.378 e. The van der Waals surface area contributed by atoms with Crippen LogP contribution in [0, 0.1) is 0 Å². The number of carbonyl (C=O) groups is 1. The molecule has 0 atom stereocenters. The van der Waals surface area contributed by atoms with E-state index in [4.69, 9.17) is 0 Å². The fourth-order valence-electron chi connectivity index (χ4n) is 4.06. The van der Waals surface area contributed by atoms with Gasteiger partial charge >= 0.3 is 0 Å². The molecule has 3 heteroatoms. The van der Waals surface area contributed by atoms with E-state index in [-0.39, 0.29) is 5.78 Å². The summed E-state index contributed by atoms with van der Waals surface area (Å²) < 4.78 is 0. The van der Waals surface area contributed by atoms with Crippen LogP contribution in [0.25, 0.3) is 12.2 Å². The second-order valence-corrected chi connectivity index (χ2v) is 8.06. The van der Waals surface area contributed by atoms with Gasteiger partial charge in [0.05, 0.1) is 0 Å². The van der Waals surface area contributed by atoms with Gasteiger partial charge in [-0.2, -0.15) is 0 Å². The van der Waals surface area contributed by atoms with Crippen LogP contribution in [0.15, 0.2) is 53.6 Å². The predicted octanol–water partition coefficient (Wildman–Crippen LogP) is 5.99. The van der Waals surface area contributed by atoms with Gasteiger partial charge in [0.1, 0.15) is 0 Å². The van der Waals surface area contributed by atoms with Crippen molar-refractivity contribution in [3.63, 3.8) is 0 Å². The molecular weight excluding hydrogens is 368 g/mol. The van der Waals surface area contributed by atoms with E-state index in [0.29, 0.717) is 0 Å². The number of aryl methyl sites for hydroxylation is 1. The normalized spacial score (nSPS) is 16.5. The van der Waals surface area contributed by atoms with E-state index in [0.717, 1.165) is 54.7 Å². The zero-order valence-corrected chi connectivity index (χ0v) is 19.0. The van der Waals surface area contributed by atoms with Gasteiger partial charge in [-0.1, -0.05) is 25.1 Å². The van der Waals surface area contributed by atoms with Crippen molar-refractivity contribution in [1.29, 1.82) is 0 Å². The molecule has 0 aliphatic heterocycles. The van der Waals surface area contributed by atoms with Crippen molar-refractivity contribution in [2.24, 2.45) is 0 Å². The average molecular weight is 403 g/mol. The second-order valence-electron chi connectivity index (χ2n) is 8.06. The van der Waals surface area contributed by atoms with E-state index < -0.39 is 0 Å². The first-order valence-electron chi connectivity index (χ1n) is 11.1. The second kappa shape index (κ2) is 9.80. The minimum atomic E-state index is 0.196. The summed E-state index contributed by atoms with van der Waals surface area (Å²) in [5.41, 5.74) is 7.83. The van der Waals surface area contributed by atoms with Crippen molar-refractivity contribution in [3.05, 3.63) is 70.3 Å². The summed E-state index contributed by atoms with van der Waals surface area (Å²) in [5.74, 6) is 0.196. The summed E-state index contributed by atoms with van der Waals surface area (Å²) in [6.45, 7) is 8.56. The third-order valence-electron chi connectivity index (χ3n) is 5.96. The molecule has 0 saturated heterocycles. The van der Waals surface area contributed by atoms with Gasteiger partial charge in [-0.05, 0) is 86.2 Å². The van der Waals surface area contributed by atoms with E-state index in [9.17, 15) is 4.79 Å². The molecule has 0 bridgehead atoms. The number of anilines is 2. The third kappa shape index (κ3) is 4.84. The summed E-state index contributed by atoms with van der Waals surface area (Å²) in [4.78, 5) is 17.4. The van der Waals surface area contributed by atoms with Gasteiger partial charge in [-0.3, -0.25) is 4.79 Å². The Morgan fingerprint density at radius 3 is 2.00 bits per heavy atom. The van der Waals surface area contributed by atoms with E-state index in [1.165, 1.54) is 16.8 Å². The van der Waals surface area contributed by atoms with Crippen molar-refractivity contribution >= 4 is 29.3 Å². The van der Waals surface area contributed by atoms with Crippen molar-refractivity contribution in [3.8, 4) is 0 Å². The van der Waals surface area contributed by atoms with Gasteiger partial charge in [0.15, 0.2) is 5.78 Å². The van der Waals surface area contributed by atoms with E-state index in [1.54, 1.807) is 0 Å². The summed E-state index contributed by atoms with van der Waals surface area (Å²) in [6.07, 6.45) is 6.76. The quantitative estimate of drug-likeness (QED) is 0.531. The number of nitrogens with zero attached hydrogens (tertiary/aromatic N) is 2. The molecule has 30 heavy (non-hydrogen) atoms. The molecule has 158 valence electrons. The Morgan fingerprint density at radius 1 is 0.833 bits per heavy atom. The molecule has 0 amide bonds.